The zero-order valence-corrected chi connectivity index (χ0v) is 16.6. The van der Waals surface area contributed by atoms with Crippen LogP contribution in [0, 0.1) is 6.92 Å². The fourth-order valence-corrected chi connectivity index (χ4v) is 4.02. The van der Waals surface area contributed by atoms with E-state index >= 15 is 0 Å². The van der Waals surface area contributed by atoms with Crippen molar-refractivity contribution in [3.63, 3.8) is 0 Å². The highest BCUT2D eigenvalue weighted by Crippen LogP contribution is 2.53. The van der Waals surface area contributed by atoms with Gasteiger partial charge in [0.2, 0.25) is 0 Å². The number of alkyl halides is 3. The lowest BCUT2D eigenvalue weighted by atomic mass is 9.95. The molecule has 0 radical (unpaired) electrons. The first-order valence-electron chi connectivity index (χ1n) is 9.87. The molecule has 0 spiro atoms. The smallest absolute Gasteiger partial charge is 0.416 e. The Morgan fingerprint density at radius 1 is 0.710 bits per heavy atom. The summed E-state index contributed by atoms with van der Waals surface area (Å²) in [6.45, 7) is 1.72. The second-order valence-electron chi connectivity index (χ2n) is 7.43. The van der Waals surface area contributed by atoms with Gasteiger partial charge in [0.05, 0.1) is 22.6 Å². The fraction of sp³-hybridized carbons (Fsp3) is 0.0769. The number of hydrogen-bond donors (Lipinski definition) is 0. The molecule has 0 atom stereocenters. The predicted molar refractivity (Wildman–Crippen MR) is 116 cm³/mol. The largest absolute Gasteiger partial charge is 0.453 e. The molecule has 1 aliphatic rings. The molecule has 4 aromatic rings. The lowest BCUT2D eigenvalue weighted by molar-refractivity contribution is -0.137. The lowest BCUT2D eigenvalue weighted by Gasteiger charge is -2.35. The van der Waals surface area contributed by atoms with Crippen LogP contribution in [-0.4, -0.2) is 0 Å². The Morgan fingerprint density at radius 2 is 1.26 bits per heavy atom. The summed E-state index contributed by atoms with van der Waals surface area (Å²) in [5.74, 6) is 1.30. The van der Waals surface area contributed by atoms with Crippen LogP contribution in [0.25, 0.3) is 11.1 Å². The maximum atomic E-state index is 13.7. The van der Waals surface area contributed by atoms with Crippen molar-refractivity contribution in [3.8, 4) is 22.6 Å². The SMILES string of the molecule is Cc1cc(C(F)(F)F)cc(-c2ccccc2)c1N1c2ccccc2Oc2ccccc21. The molecule has 5 rings (SSSR count). The number of benzene rings is 4. The Bertz CT molecular complexity index is 1220. The summed E-state index contributed by atoms with van der Waals surface area (Å²) in [5.41, 5.74) is 3.35. The molecule has 0 saturated carbocycles. The van der Waals surface area contributed by atoms with Crippen molar-refractivity contribution < 1.29 is 17.9 Å². The molecule has 4 aromatic carbocycles. The lowest BCUT2D eigenvalue weighted by Crippen LogP contribution is -2.18. The van der Waals surface area contributed by atoms with Crippen LogP contribution in [0.1, 0.15) is 11.1 Å². The van der Waals surface area contributed by atoms with Crippen LogP contribution in [0.5, 0.6) is 11.5 Å². The maximum absolute atomic E-state index is 13.7. The van der Waals surface area contributed by atoms with Gasteiger partial charge in [0, 0.05) is 5.56 Å². The topological polar surface area (TPSA) is 12.5 Å². The highest BCUT2D eigenvalue weighted by molar-refractivity contribution is 5.94. The van der Waals surface area contributed by atoms with Crippen LogP contribution in [0.3, 0.4) is 0 Å². The highest BCUT2D eigenvalue weighted by Gasteiger charge is 2.34. The van der Waals surface area contributed by atoms with Crippen molar-refractivity contribution in [3.05, 3.63) is 102 Å². The number of anilines is 3. The molecule has 1 heterocycles. The van der Waals surface area contributed by atoms with E-state index in [4.69, 9.17) is 4.74 Å². The van der Waals surface area contributed by atoms with Gasteiger partial charge in [0.1, 0.15) is 0 Å². The minimum absolute atomic E-state index is 0.513. The molecule has 5 heteroatoms. The van der Waals surface area contributed by atoms with Gasteiger partial charge in [-0.05, 0) is 54.4 Å². The second kappa shape index (κ2) is 7.20. The molecule has 2 nitrogen and oxygen atoms in total. The van der Waals surface area contributed by atoms with E-state index < -0.39 is 11.7 Å². The number of hydrogen-bond acceptors (Lipinski definition) is 2. The molecule has 31 heavy (non-hydrogen) atoms. The van der Waals surface area contributed by atoms with Crippen LogP contribution >= 0.6 is 0 Å². The van der Waals surface area contributed by atoms with E-state index in [1.54, 1.807) is 6.92 Å². The van der Waals surface area contributed by atoms with E-state index in [-0.39, 0.29) is 0 Å². The molecule has 0 aromatic heterocycles. The minimum atomic E-state index is -4.44. The summed E-state index contributed by atoms with van der Waals surface area (Å²) < 4.78 is 47.1. The first kappa shape index (κ1) is 19.2. The monoisotopic (exact) mass is 417 g/mol. The Labute approximate surface area is 178 Å². The van der Waals surface area contributed by atoms with E-state index in [9.17, 15) is 13.2 Å². The summed E-state index contributed by atoms with van der Waals surface area (Å²) in [6, 6.07) is 26.7. The number of halogens is 3. The molecule has 0 N–H and O–H groups in total. The molecular weight excluding hydrogens is 399 g/mol. The molecule has 0 unspecified atom stereocenters. The number of aryl methyl sites for hydroxylation is 1. The number of fused-ring (bicyclic) bond motifs is 2. The van der Waals surface area contributed by atoms with Crippen LogP contribution in [-0.2, 0) is 6.18 Å². The van der Waals surface area contributed by atoms with Crippen molar-refractivity contribution in [1.29, 1.82) is 0 Å². The highest BCUT2D eigenvalue weighted by atomic mass is 19.4. The van der Waals surface area contributed by atoms with Crippen LogP contribution in [0.4, 0.5) is 30.2 Å². The van der Waals surface area contributed by atoms with Crippen molar-refractivity contribution >= 4 is 17.1 Å². The van der Waals surface area contributed by atoms with Gasteiger partial charge in [-0.15, -0.1) is 0 Å². The number of nitrogens with zero attached hydrogens (tertiary/aromatic N) is 1. The minimum Gasteiger partial charge on any atom is -0.453 e. The average Bonchev–Trinajstić information content (AvgIpc) is 2.77. The predicted octanol–water partition coefficient (Wildman–Crippen LogP) is 8.26. The standard InChI is InChI=1S/C26H18F3NO/c1-17-15-19(26(27,28)29)16-20(18-9-3-2-4-10-18)25(17)30-21-11-5-7-13-23(21)31-24-14-8-6-12-22(24)30/h2-16H,1H3. The van der Waals surface area contributed by atoms with E-state index in [0.717, 1.165) is 11.4 Å². The van der Waals surface area contributed by atoms with Gasteiger partial charge in [-0.1, -0.05) is 54.6 Å². The molecule has 0 aliphatic carbocycles. The fourth-order valence-electron chi connectivity index (χ4n) is 4.02. The van der Waals surface area contributed by atoms with Gasteiger partial charge >= 0.3 is 6.18 Å². The zero-order chi connectivity index (χ0) is 21.6. The number of para-hydroxylation sites is 4. The first-order valence-corrected chi connectivity index (χ1v) is 9.87. The van der Waals surface area contributed by atoms with Gasteiger partial charge < -0.3 is 9.64 Å². The Hall–Kier alpha value is -3.73. The first-order chi connectivity index (χ1) is 14.9. The number of ether oxygens (including phenoxy) is 1. The normalized spacial score (nSPS) is 12.7. The molecular formula is C26H18F3NO. The second-order valence-corrected chi connectivity index (χ2v) is 7.43. The molecule has 0 amide bonds. The summed E-state index contributed by atoms with van der Waals surface area (Å²) in [7, 11) is 0. The van der Waals surface area contributed by atoms with Gasteiger partial charge in [-0.25, -0.2) is 0 Å². The van der Waals surface area contributed by atoms with Gasteiger partial charge in [0.15, 0.2) is 11.5 Å². The maximum Gasteiger partial charge on any atom is 0.416 e. The summed E-state index contributed by atoms with van der Waals surface area (Å²) in [5, 5.41) is 0. The third-order valence-corrected chi connectivity index (χ3v) is 5.37. The van der Waals surface area contributed by atoms with E-state index in [0.29, 0.717) is 33.9 Å². The Balaban J connectivity index is 1.84. The molecule has 0 bridgehead atoms. The van der Waals surface area contributed by atoms with Crippen molar-refractivity contribution in [1.82, 2.24) is 0 Å². The molecule has 0 saturated heterocycles. The Kier molecular flexibility index (Phi) is 4.47. The third-order valence-electron chi connectivity index (χ3n) is 5.37. The van der Waals surface area contributed by atoms with Crippen molar-refractivity contribution in [2.75, 3.05) is 4.90 Å². The van der Waals surface area contributed by atoms with E-state index in [2.05, 4.69) is 0 Å². The summed E-state index contributed by atoms with van der Waals surface area (Å²) >= 11 is 0. The Morgan fingerprint density at radius 3 is 1.84 bits per heavy atom. The van der Waals surface area contributed by atoms with Gasteiger partial charge in [-0.3, -0.25) is 0 Å². The van der Waals surface area contributed by atoms with Crippen molar-refractivity contribution in [2.24, 2.45) is 0 Å². The summed E-state index contributed by atoms with van der Waals surface area (Å²) in [4.78, 5) is 1.99. The molecule has 1 aliphatic heterocycles. The van der Waals surface area contributed by atoms with Crippen LogP contribution < -0.4 is 9.64 Å². The van der Waals surface area contributed by atoms with E-state index in [1.807, 2.05) is 83.8 Å². The van der Waals surface area contributed by atoms with Crippen LogP contribution in [0.2, 0.25) is 0 Å². The van der Waals surface area contributed by atoms with Crippen LogP contribution in [0.15, 0.2) is 91.0 Å². The summed E-state index contributed by atoms with van der Waals surface area (Å²) in [6.07, 6.45) is -4.44. The molecule has 0 fully saturated rings. The average molecular weight is 417 g/mol. The van der Waals surface area contributed by atoms with Crippen molar-refractivity contribution in [2.45, 2.75) is 13.1 Å². The molecule has 154 valence electrons. The van der Waals surface area contributed by atoms with Gasteiger partial charge in [0.25, 0.3) is 0 Å². The van der Waals surface area contributed by atoms with Gasteiger partial charge in [-0.2, -0.15) is 13.2 Å². The number of rotatable bonds is 2. The zero-order valence-electron chi connectivity index (χ0n) is 16.6. The third kappa shape index (κ3) is 3.32. The quantitative estimate of drug-likeness (QED) is 0.287. The van der Waals surface area contributed by atoms with E-state index in [1.165, 1.54) is 12.1 Å².